The monoisotopic (exact) mass is 466 g/mol. The molecular formula is C23H32Cl2N4O2. The second-order valence-corrected chi connectivity index (χ2v) is 8.93. The van der Waals surface area contributed by atoms with Crippen LogP contribution in [0.25, 0.3) is 0 Å². The molecule has 170 valence electrons. The van der Waals surface area contributed by atoms with Gasteiger partial charge in [-0.15, -0.1) is 0 Å². The molecule has 0 bridgehead atoms. The molecular weight excluding hydrogens is 435 g/mol. The Balaban J connectivity index is 2.13. The SMILES string of the molecule is CCCCN(Cc1cccn1C)C(=O)CN(CC(C)C)C(=O)Nc1ccc(Cl)c(Cl)c1. The van der Waals surface area contributed by atoms with E-state index in [0.29, 0.717) is 35.4 Å². The topological polar surface area (TPSA) is 57.6 Å². The van der Waals surface area contributed by atoms with Gasteiger partial charge in [0.1, 0.15) is 6.54 Å². The van der Waals surface area contributed by atoms with Crippen molar-refractivity contribution in [2.24, 2.45) is 13.0 Å². The third-order valence-corrected chi connectivity index (χ3v) is 5.65. The summed E-state index contributed by atoms with van der Waals surface area (Å²) in [6.07, 6.45) is 3.87. The summed E-state index contributed by atoms with van der Waals surface area (Å²) in [6, 6.07) is 8.55. The highest BCUT2D eigenvalue weighted by Crippen LogP contribution is 2.25. The summed E-state index contributed by atoms with van der Waals surface area (Å²) in [5.41, 5.74) is 1.59. The number of nitrogens with zero attached hydrogens (tertiary/aromatic N) is 3. The van der Waals surface area contributed by atoms with Crippen LogP contribution in [-0.4, -0.2) is 45.9 Å². The van der Waals surface area contributed by atoms with Crippen LogP contribution in [0.3, 0.4) is 0 Å². The summed E-state index contributed by atoms with van der Waals surface area (Å²) in [7, 11) is 1.97. The van der Waals surface area contributed by atoms with Gasteiger partial charge in [-0.1, -0.05) is 50.4 Å². The lowest BCUT2D eigenvalue weighted by Crippen LogP contribution is -2.46. The average Bonchev–Trinajstić information content (AvgIpc) is 3.11. The third kappa shape index (κ3) is 7.78. The van der Waals surface area contributed by atoms with Crippen molar-refractivity contribution in [3.63, 3.8) is 0 Å². The first-order valence-corrected chi connectivity index (χ1v) is 11.4. The largest absolute Gasteiger partial charge is 0.353 e. The normalized spacial score (nSPS) is 10.9. The van der Waals surface area contributed by atoms with Crippen LogP contribution in [0.15, 0.2) is 36.5 Å². The number of unbranched alkanes of at least 4 members (excludes halogenated alkanes) is 1. The fourth-order valence-corrected chi connectivity index (χ4v) is 3.50. The summed E-state index contributed by atoms with van der Waals surface area (Å²) in [4.78, 5) is 29.5. The molecule has 0 saturated heterocycles. The van der Waals surface area contributed by atoms with E-state index in [9.17, 15) is 9.59 Å². The minimum atomic E-state index is -0.338. The van der Waals surface area contributed by atoms with Gasteiger partial charge in [-0.25, -0.2) is 4.79 Å². The number of hydrogen-bond acceptors (Lipinski definition) is 2. The van der Waals surface area contributed by atoms with Crippen LogP contribution in [0.4, 0.5) is 10.5 Å². The zero-order chi connectivity index (χ0) is 23.0. The number of carbonyl (C=O) groups excluding carboxylic acids is 2. The first-order valence-electron chi connectivity index (χ1n) is 10.6. The van der Waals surface area contributed by atoms with E-state index in [0.717, 1.165) is 18.5 Å². The van der Waals surface area contributed by atoms with E-state index in [2.05, 4.69) is 12.2 Å². The van der Waals surface area contributed by atoms with Gasteiger partial charge in [0.05, 0.1) is 16.6 Å². The number of anilines is 1. The molecule has 0 spiro atoms. The van der Waals surface area contributed by atoms with E-state index in [1.165, 1.54) is 0 Å². The molecule has 31 heavy (non-hydrogen) atoms. The fraction of sp³-hybridized carbons (Fsp3) is 0.478. The summed E-state index contributed by atoms with van der Waals surface area (Å²) < 4.78 is 2.01. The molecule has 6 nitrogen and oxygen atoms in total. The molecule has 1 aromatic carbocycles. The molecule has 0 aliphatic heterocycles. The molecule has 0 radical (unpaired) electrons. The maximum atomic E-state index is 13.2. The van der Waals surface area contributed by atoms with Gasteiger partial charge in [-0.3, -0.25) is 4.79 Å². The minimum Gasteiger partial charge on any atom is -0.353 e. The maximum absolute atomic E-state index is 13.2. The van der Waals surface area contributed by atoms with Crippen LogP contribution in [0.1, 0.15) is 39.3 Å². The molecule has 1 heterocycles. The van der Waals surface area contributed by atoms with Gasteiger partial charge < -0.3 is 19.7 Å². The van der Waals surface area contributed by atoms with Crippen LogP contribution >= 0.6 is 23.2 Å². The van der Waals surface area contributed by atoms with E-state index in [-0.39, 0.29) is 24.4 Å². The van der Waals surface area contributed by atoms with E-state index in [1.807, 2.05) is 48.7 Å². The predicted molar refractivity (Wildman–Crippen MR) is 128 cm³/mol. The van der Waals surface area contributed by atoms with E-state index in [4.69, 9.17) is 23.2 Å². The van der Waals surface area contributed by atoms with Gasteiger partial charge in [0.25, 0.3) is 0 Å². The number of rotatable bonds is 10. The lowest BCUT2D eigenvalue weighted by molar-refractivity contribution is -0.132. The molecule has 0 aliphatic carbocycles. The van der Waals surface area contributed by atoms with Gasteiger partial charge in [0.15, 0.2) is 0 Å². The smallest absolute Gasteiger partial charge is 0.322 e. The number of aromatic nitrogens is 1. The molecule has 0 atom stereocenters. The number of hydrogen-bond donors (Lipinski definition) is 1. The Morgan fingerprint density at radius 2 is 1.87 bits per heavy atom. The lowest BCUT2D eigenvalue weighted by Gasteiger charge is -2.29. The summed E-state index contributed by atoms with van der Waals surface area (Å²) >= 11 is 12.0. The van der Waals surface area contributed by atoms with Gasteiger partial charge in [0, 0.05) is 37.7 Å². The average molecular weight is 467 g/mol. The van der Waals surface area contributed by atoms with Crippen molar-refractivity contribution in [2.45, 2.75) is 40.2 Å². The second kappa shape index (κ2) is 12.0. The standard InChI is InChI=1S/C23H32Cl2N4O2/c1-5-6-12-28(15-19-8-7-11-27(19)4)22(30)16-29(14-17(2)3)23(31)26-18-9-10-20(24)21(25)13-18/h7-11,13,17H,5-6,12,14-16H2,1-4H3,(H,26,31). The van der Waals surface area contributed by atoms with Crippen LogP contribution in [0, 0.1) is 5.92 Å². The quantitative estimate of drug-likeness (QED) is 0.491. The Morgan fingerprint density at radius 1 is 1.13 bits per heavy atom. The van der Waals surface area contributed by atoms with Crippen molar-refractivity contribution in [1.29, 1.82) is 0 Å². The van der Waals surface area contributed by atoms with Crippen molar-refractivity contribution in [3.05, 3.63) is 52.3 Å². The number of nitrogens with one attached hydrogen (secondary N) is 1. The third-order valence-electron chi connectivity index (χ3n) is 4.91. The number of benzene rings is 1. The Labute approximate surface area is 195 Å². The van der Waals surface area contributed by atoms with Gasteiger partial charge in [-0.2, -0.15) is 0 Å². The van der Waals surface area contributed by atoms with Crippen LogP contribution in [0.5, 0.6) is 0 Å². The second-order valence-electron chi connectivity index (χ2n) is 8.11. The summed E-state index contributed by atoms with van der Waals surface area (Å²) in [5, 5.41) is 3.60. The van der Waals surface area contributed by atoms with Crippen molar-refractivity contribution in [3.8, 4) is 0 Å². The van der Waals surface area contributed by atoms with Crippen molar-refractivity contribution in [1.82, 2.24) is 14.4 Å². The molecule has 0 fully saturated rings. The Morgan fingerprint density at radius 3 is 2.45 bits per heavy atom. The van der Waals surface area contributed by atoms with Crippen molar-refractivity contribution < 1.29 is 9.59 Å². The Hall–Kier alpha value is -2.18. The zero-order valence-electron chi connectivity index (χ0n) is 18.7. The first kappa shape index (κ1) is 25.1. The minimum absolute atomic E-state index is 0.0134. The molecule has 2 rings (SSSR count). The van der Waals surface area contributed by atoms with Crippen LogP contribution in [-0.2, 0) is 18.4 Å². The summed E-state index contributed by atoms with van der Waals surface area (Å²) in [6.45, 7) is 7.78. The molecule has 2 aromatic rings. The van der Waals surface area contributed by atoms with E-state index in [1.54, 1.807) is 23.1 Å². The molecule has 8 heteroatoms. The first-order chi connectivity index (χ1) is 14.7. The van der Waals surface area contributed by atoms with Crippen molar-refractivity contribution >= 4 is 40.8 Å². The number of aryl methyl sites for hydroxylation is 1. The highest BCUT2D eigenvalue weighted by Gasteiger charge is 2.23. The van der Waals surface area contributed by atoms with Gasteiger partial charge in [0.2, 0.25) is 5.91 Å². The number of carbonyl (C=O) groups is 2. The maximum Gasteiger partial charge on any atom is 0.322 e. The molecule has 0 unspecified atom stereocenters. The van der Waals surface area contributed by atoms with Crippen LogP contribution in [0.2, 0.25) is 10.0 Å². The number of amides is 3. The van der Waals surface area contributed by atoms with Crippen LogP contribution < -0.4 is 5.32 Å². The molecule has 3 amide bonds. The fourth-order valence-electron chi connectivity index (χ4n) is 3.20. The molecule has 1 aromatic heterocycles. The highest BCUT2D eigenvalue weighted by atomic mass is 35.5. The summed E-state index contributed by atoms with van der Waals surface area (Å²) in [5.74, 6) is 0.143. The Bertz CT molecular complexity index is 882. The Kier molecular flexibility index (Phi) is 9.72. The number of urea groups is 1. The highest BCUT2D eigenvalue weighted by molar-refractivity contribution is 6.42. The zero-order valence-corrected chi connectivity index (χ0v) is 20.2. The lowest BCUT2D eigenvalue weighted by atomic mass is 10.2. The van der Waals surface area contributed by atoms with Crippen molar-refractivity contribution in [2.75, 3.05) is 25.0 Å². The molecule has 0 saturated carbocycles. The molecule has 1 N–H and O–H groups in total. The van der Waals surface area contributed by atoms with E-state index >= 15 is 0 Å². The van der Waals surface area contributed by atoms with Gasteiger partial charge in [-0.05, 0) is 42.7 Å². The van der Waals surface area contributed by atoms with Gasteiger partial charge >= 0.3 is 6.03 Å². The predicted octanol–water partition coefficient (Wildman–Crippen LogP) is 5.65. The number of halogens is 2. The molecule has 0 aliphatic rings. The van der Waals surface area contributed by atoms with E-state index < -0.39 is 0 Å².